The van der Waals surface area contributed by atoms with E-state index in [9.17, 15) is 44.3 Å². The number of nitrogen functional groups attached to an aromatic ring is 1. The van der Waals surface area contributed by atoms with Gasteiger partial charge in [-0.05, 0) is 36.4 Å². The van der Waals surface area contributed by atoms with Crippen LogP contribution in [0.3, 0.4) is 0 Å². The molecule has 17 heteroatoms. The monoisotopic (exact) mass is 622 g/mol. The second kappa shape index (κ2) is 9.64. The van der Waals surface area contributed by atoms with Gasteiger partial charge in [0.1, 0.15) is 9.92 Å². The highest BCUT2D eigenvalue weighted by molar-refractivity contribution is 7.86. The molecule has 1 aliphatic rings. The van der Waals surface area contributed by atoms with Gasteiger partial charge in [-0.25, -0.2) is 4.98 Å². The van der Waals surface area contributed by atoms with E-state index in [2.05, 4.69) is 15.3 Å². The topological polar surface area (TPSA) is 207 Å². The van der Waals surface area contributed by atoms with E-state index in [1.165, 1.54) is 24.3 Å². The molecule has 0 atom stereocenters. The Morgan fingerprint density at radius 3 is 2.20 bits per heavy atom. The van der Waals surface area contributed by atoms with Gasteiger partial charge in [0.05, 0.1) is 33.1 Å². The van der Waals surface area contributed by atoms with Gasteiger partial charge in [0, 0.05) is 22.4 Å². The molecule has 1 heterocycles. The number of fused-ring (bicyclic) bond motifs is 2. The molecule has 0 amide bonds. The average molecular weight is 623 g/mol. The van der Waals surface area contributed by atoms with Gasteiger partial charge < -0.3 is 11.1 Å². The van der Waals surface area contributed by atoms with Crippen LogP contribution in [0.25, 0.3) is 11.3 Å². The second-order valence-corrected chi connectivity index (χ2v) is 11.7. The van der Waals surface area contributed by atoms with E-state index in [0.717, 1.165) is 24.3 Å². The maximum atomic E-state index is 13.9. The summed E-state index contributed by atoms with van der Waals surface area (Å²) in [6, 6.07) is 8.77. The van der Waals surface area contributed by atoms with Crippen LogP contribution in [0.5, 0.6) is 0 Å². The molecule has 0 bridgehead atoms. The number of aromatic nitrogens is 2. The summed E-state index contributed by atoms with van der Waals surface area (Å²) in [5, 5.41) is 2.11. The largest absolute Gasteiger partial charge is 0.397 e. The number of hydrogen-bond donors (Lipinski definition) is 4. The fourth-order valence-electron chi connectivity index (χ4n) is 4.28. The highest BCUT2D eigenvalue weighted by Crippen LogP contribution is 2.41. The fraction of sp³-hybridized carbons (Fsp3) is 0. The third-order valence-electron chi connectivity index (χ3n) is 6.04. The SMILES string of the molecule is Nc1c(S(=O)(=O)O)cc(Nc2cccc(-c3nc(F)nc(F)c3Cl)c2)c2c1C(=O)c1ccc(S(=O)(=O)O)cc1C2=O. The van der Waals surface area contributed by atoms with Crippen molar-refractivity contribution in [1.82, 2.24) is 9.97 Å². The minimum absolute atomic E-state index is 0.0592. The number of halogens is 3. The van der Waals surface area contributed by atoms with Crippen molar-refractivity contribution < 1.29 is 44.3 Å². The van der Waals surface area contributed by atoms with Crippen LogP contribution in [0.4, 0.5) is 25.8 Å². The average Bonchev–Trinajstić information content (AvgIpc) is 2.88. The third-order valence-corrected chi connectivity index (χ3v) is 8.12. The van der Waals surface area contributed by atoms with Gasteiger partial charge in [-0.15, -0.1) is 0 Å². The van der Waals surface area contributed by atoms with Crippen LogP contribution >= 0.6 is 11.6 Å². The smallest absolute Gasteiger partial charge is 0.311 e. The van der Waals surface area contributed by atoms with Crippen molar-refractivity contribution in [2.75, 3.05) is 11.1 Å². The molecule has 0 saturated heterocycles. The molecule has 41 heavy (non-hydrogen) atoms. The summed E-state index contributed by atoms with van der Waals surface area (Å²) in [7, 11) is -9.83. The van der Waals surface area contributed by atoms with Gasteiger partial charge >= 0.3 is 6.08 Å². The van der Waals surface area contributed by atoms with Gasteiger partial charge in [0.25, 0.3) is 20.2 Å². The molecule has 5 rings (SSSR count). The lowest BCUT2D eigenvalue weighted by Crippen LogP contribution is -2.25. The zero-order valence-electron chi connectivity index (χ0n) is 19.9. The molecule has 0 fully saturated rings. The van der Waals surface area contributed by atoms with Crippen LogP contribution < -0.4 is 11.1 Å². The van der Waals surface area contributed by atoms with Crippen LogP contribution in [-0.2, 0) is 20.2 Å². The molecule has 1 aliphatic carbocycles. The van der Waals surface area contributed by atoms with Crippen LogP contribution in [0.2, 0.25) is 5.02 Å². The lowest BCUT2D eigenvalue weighted by molar-refractivity contribution is 0.0980. The van der Waals surface area contributed by atoms with Gasteiger partial charge in [-0.2, -0.15) is 30.6 Å². The first-order valence-corrected chi connectivity index (χ1v) is 14.2. The predicted octanol–water partition coefficient (Wildman–Crippen LogP) is 3.67. The Hall–Kier alpha value is -4.35. The zero-order chi connectivity index (χ0) is 30.0. The van der Waals surface area contributed by atoms with E-state index in [-0.39, 0.29) is 28.2 Å². The minimum Gasteiger partial charge on any atom is -0.397 e. The van der Waals surface area contributed by atoms with Gasteiger partial charge in [-0.1, -0.05) is 23.7 Å². The summed E-state index contributed by atoms with van der Waals surface area (Å²) in [6.07, 6.45) is -1.40. The Morgan fingerprint density at radius 2 is 1.54 bits per heavy atom. The third kappa shape index (κ3) is 4.91. The summed E-state index contributed by atoms with van der Waals surface area (Å²) < 4.78 is 94.3. The second-order valence-electron chi connectivity index (χ2n) is 8.55. The highest BCUT2D eigenvalue weighted by atomic mass is 35.5. The maximum Gasteiger partial charge on any atom is 0.311 e. The predicted molar refractivity (Wildman–Crippen MR) is 139 cm³/mol. The first-order chi connectivity index (χ1) is 19.1. The Kier molecular flexibility index (Phi) is 6.62. The molecule has 210 valence electrons. The molecule has 5 N–H and O–H groups in total. The lowest BCUT2D eigenvalue weighted by atomic mass is 9.82. The van der Waals surface area contributed by atoms with Crippen molar-refractivity contribution in [3.05, 3.63) is 87.8 Å². The summed E-state index contributed by atoms with van der Waals surface area (Å²) >= 11 is 5.89. The number of benzene rings is 3. The van der Waals surface area contributed by atoms with Crippen LogP contribution in [0, 0.1) is 12.0 Å². The molecule has 3 aromatic carbocycles. The van der Waals surface area contributed by atoms with Crippen molar-refractivity contribution in [1.29, 1.82) is 0 Å². The van der Waals surface area contributed by atoms with E-state index >= 15 is 0 Å². The molecular weight excluding hydrogens is 610 g/mol. The summed E-state index contributed by atoms with van der Waals surface area (Å²) in [6.45, 7) is 0. The van der Waals surface area contributed by atoms with E-state index in [1.807, 2.05) is 0 Å². The number of hydrogen-bond acceptors (Lipinski definition) is 10. The van der Waals surface area contributed by atoms with Crippen molar-refractivity contribution in [3.8, 4) is 11.3 Å². The van der Waals surface area contributed by atoms with Crippen LogP contribution in [0.15, 0.2) is 58.3 Å². The number of ketones is 2. The van der Waals surface area contributed by atoms with Crippen LogP contribution in [-0.4, -0.2) is 47.5 Å². The Labute approximate surface area is 234 Å². The number of carbonyl (C=O) groups is 2. The number of rotatable bonds is 5. The number of nitrogens with one attached hydrogen (secondary N) is 1. The summed E-state index contributed by atoms with van der Waals surface area (Å²) in [5.41, 5.74) is 2.73. The van der Waals surface area contributed by atoms with Gasteiger partial charge in [0.2, 0.25) is 5.95 Å². The minimum atomic E-state index is -5.05. The lowest BCUT2D eigenvalue weighted by Gasteiger charge is -2.24. The molecule has 0 aliphatic heterocycles. The highest BCUT2D eigenvalue weighted by Gasteiger charge is 2.37. The van der Waals surface area contributed by atoms with Crippen molar-refractivity contribution >= 4 is 60.5 Å². The van der Waals surface area contributed by atoms with Gasteiger partial charge in [0.15, 0.2) is 11.6 Å². The van der Waals surface area contributed by atoms with Crippen LogP contribution in [0.1, 0.15) is 31.8 Å². The van der Waals surface area contributed by atoms with E-state index in [4.69, 9.17) is 17.3 Å². The molecule has 0 radical (unpaired) electrons. The summed E-state index contributed by atoms with van der Waals surface area (Å²) in [4.78, 5) is 31.8. The molecule has 0 spiro atoms. The number of nitrogens with zero attached hydrogens (tertiary/aromatic N) is 2. The van der Waals surface area contributed by atoms with E-state index < -0.39 is 81.0 Å². The van der Waals surface area contributed by atoms with Gasteiger partial charge in [-0.3, -0.25) is 18.7 Å². The first-order valence-electron chi connectivity index (χ1n) is 11.0. The molecule has 4 aromatic rings. The molecule has 0 saturated carbocycles. The summed E-state index contributed by atoms with van der Waals surface area (Å²) in [5.74, 6) is -3.28. The maximum absolute atomic E-state index is 13.9. The Balaban J connectivity index is 1.72. The zero-order valence-corrected chi connectivity index (χ0v) is 22.3. The van der Waals surface area contributed by atoms with Crippen molar-refractivity contribution in [2.24, 2.45) is 0 Å². The Morgan fingerprint density at radius 1 is 0.854 bits per heavy atom. The normalized spacial score (nSPS) is 13.1. The molecule has 1 aromatic heterocycles. The standard InChI is InChI=1S/C24H13ClF2N4O8S2/c25-18-20(30-24(27)31-23(18)26)9-2-1-3-10(6-9)29-14-8-15(41(37,38)39)19(28)17-16(14)22(33)13-7-11(40(34,35)36)4-5-12(13)21(17)32/h1-8,29H,28H2,(H,34,35,36)(H,37,38,39). The molecule has 12 nitrogen and oxygen atoms in total. The fourth-order valence-corrected chi connectivity index (χ4v) is 5.63. The van der Waals surface area contributed by atoms with Crippen molar-refractivity contribution in [3.63, 3.8) is 0 Å². The Bertz CT molecular complexity index is 2070. The first kappa shape index (κ1) is 28.2. The number of nitrogens with two attached hydrogens (primary N) is 1. The quantitative estimate of drug-likeness (QED) is 0.0958. The molecule has 0 unspecified atom stereocenters. The molecular formula is C24H13ClF2N4O8S2. The number of anilines is 3. The van der Waals surface area contributed by atoms with Crippen molar-refractivity contribution in [2.45, 2.75) is 9.79 Å². The van der Waals surface area contributed by atoms with E-state index in [0.29, 0.717) is 0 Å². The number of carbonyl (C=O) groups excluding carboxylic acids is 2. The van der Waals surface area contributed by atoms with E-state index in [1.54, 1.807) is 0 Å².